The number of amides is 1. The molecule has 80 valence electrons. The first kappa shape index (κ1) is 5.29. The van der Waals surface area contributed by atoms with Gasteiger partial charge in [-0.1, -0.05) is 0 Å². The van der Waals surface area contributed by atoms with Crippen LogP contribution in [0.25, 0.3) is 0 Å². The Balaban J connectivity index is 2.34. The zero-order valence-electron chi connectivity index (χ0n) is 12.5. The highest BCUT2D eigenvalue weighted by molar-refractivity contribution is 5.69. The van der Waals surface area contributed by atoms with Crippen molar-refractivity contribution in [3.8, 4) is 0 Å². The van der Waals surface area contributed by atoms with Gasteiger partial charge in [-0.2, -0.15) is 0 Å². The van der Waals surface area contributed by atoms with E-state index in [0.29, 0.717) is 0 Å². The maximum Gasteiger partial charge on any atom is 0.424 e. The fourth-order valence-electron chi connectivity index (χ4n) is 1.18. The molecule has 2 aliphatic rings. The second kappa shape index (κ2) is 4.12. The van der Waals surface area contributed by atoms with Crippen LogP contribution in [0.15, 0.2) is 0 Å². The molecule has 2 fully saturated rings. The molecule has 0 aromatic rings. The van der Waals surface area contributed by atoms with E-state index in [0.717, 1.165) is 0 Å². The van der Waals surface area contributed by atoms with Crippen LogP contribution < -0.4 is 5.84 Å². The number of carbonyl (C=O) groups is 1. The van der Waals surface area contributed by atoms with Gasteiger partial charge in [0.25, 0.3) is 0 Å². The zero-order chi connectivity index (χ0) is 14.5. The second-order valence-corrected chi connectivity index (χ2v) is 2.89. The summed E-state index contributed by atoms with van der Waals surface area (Å²) >= 11 is 0. The highest BCUT2D eigenvalue weighted by Gasteiger charge is 2.30. The number of cyclic esters (lactones) is 1. The number of hydrazine groups is 1. The van der Waals surface area contributed by atoms with Crippen molar-refractivity contribution >= 4 is 6.09 Å². The minimum atomic E-state index is -2.79. The molecule has 14 heavy (non-hydrogen) atoms. The number of nitrogens with two attached hydrogens (primary N) is 1. The molecule has 2 heterocycles. The lowest BCUT2D eigenvalue weighted by molar-refractivity contribution is 0.0188. The van der Waals surface area contributed by atoms with Gasteiger partial charge in [-0.15, -0.1) is 0 Å². The number of rotatable bonds is 2. The van der Waals surface area contributed by atoms with E-state index in [9.17, 15) is 4.79 Å². The van der Waals surface area contributed by atoms with Crippen molar-refractivity contribution in [2.75, 3.05) is 39.3 Å². The van der Waals surface area contributed by atoms with Crippen LogP contribution in [0, 0.1) is 0 Å². The van der Waals surface area contributed by atoms with Crippen molar-refractivity contribution in [3.63, 3.8) is 0 Å². The molecule has 0 aromatic carbocycles. The number of carbonyl (C=O) groups excluding carboxylic acids is 1. The largest absolute Gasteiger partial charge is 0.442 e. The van der Waals surface area contributed by atoms with Crippen molar-refractivity contribution in [3.05, 3.63) is 0 Å². The lowest BCUT2D eigenvalue weighted by Gasteiger charge is -2.27. The van der Waals surface area contributed by atoms with Gasteiger partial charge in [0.05, 0.1) is 23.8 Å². The first-order valence-corrected chi connectivity index (χ1v) is 4.25. The molecule has 0 aromatic heterocycles. The van der Waals surface area contributed by atoms with Crippen LogP contribution >= 0.6 is 0 Å². The third kappa shape index (κ3) is 2.14. The topological polar surface area (TPSA) is 68.0 Å². The number of hydrogen-bond donors (Lipinski definition) is 1. The summed E-state index contributed by atoms with van der Waals surface area (Å²) in [7, 11) is 0. The molecule has 0 saturated carbocycles. The minimum Gasteiger partial charge on any atom is -0.442 e. The van der Waals surface area contributed by atoms with Crippen LogP contribution in [0.4, 0.5) is 4.79 Å². The van der Waals surface area contributed by atoms with E-state index >= 15 is 0 Å². The van der Waals surface area contributed by atoms with Crippen LogP contribution in [0.3, 0.4) is 0 Å². The maximum atomic E-state index is 11.3. The fourth-order valence-corrected chi connectivity index (χ4v) is 1.18. The molecule has 2 aliphatic heterocycles. The summed E-state index contributed by atoms with van der Waals surface area (Å²) in [5.41, 5.74) is 0. The Morgan fingerprint density at radius 3 is 3.00 bits per heavy atom. The molecule has 0 aliphatic carbocycles. The van der Waals surface area contributed by atoms with Crippen molar-refractivity contribution in [1.29, 1.82) is 0 Å². The van der Waals surface area contributed by atoms with Crippen LogP contribution in [-0.2, 0) is 9.47 Å². The number of morpholine rings is 1. The Labute approximate surface area is 89.5 Å². The van der Waals surface area contributed by atoms with E-state index in [-0.39, 0.29) is 31.3 Å². The molecule has 2 N–H and O–H groups in total. The average molecular weight is 206 g/mol. The van der Waals surface area contributed by atoms with Gasteiger partial charge in [-0.05, 0) is 0 Å². The first-order chi connectivity index (χ1) is 8.64. The molecule has 0 radical (unpaired) electrons. The molecule has 1 unspecified atom stereocenters. The molecule has 6 heteroatoms. The van der Waals surface area contributed by atoms with Crippen molar-refractivity contribution in [2.24, 2.45) is 5.84 Å². The summed E-state index contributed by atoms with van der Waals surface area (Å²) in [6.45, 7) is -4.45. The number of hydrogen-bond acceptors (Lipinski definition) is 5. The average Bonchev–Trinajstić information content (AvgIpc) is 2.52. The third-order valence-corrected chi connectivity index (χ3v) is 1.88. The van der Waals surface area contributed by atoms with Gasteiger partial charge in [-0.3, -0.25) is 4.90 Å². The Morgan fingerprint density at radius 1 is 1.71 bits per heavy atom. The minimum absolute atomic E-state index is 0.109. The number of nitrogens with zero attached hydrogens (tertiary/aromatic N) is 2. The maximum absolute atomic E-state index is 11.3. The molecule has 1 atom stereocenters. The lowest BCUT2D eigenvalue weighted by Crippen LogP contribution is -2.42. The first-order valence-electron chi connectivity index (χ1n) is 6.75. The van der Waals surface area contributed by atoms with E-state index in [1.807, 2.05) is 0 Å². The van der Waals surface area contributed by atoms with E-state index in [1.165, 1.54) is 4.90 Å². The molecule has 2 saturated heterocycles. The lowest BCUT2D eigenvalue weighted by atomic mass is 10.3. The molecule has 2 rings (SSSR count). The van der Waals surface area contributed by atoms with Crippen molar-refractivity contribution in [2.45, 2.75) is 6.08 Å². The summed E-state index contributed by atoms with van der Waals surface area (Å²) in [5.74, 6) is 5.21. The van der Waals surface area contributed by atoms with Crippen LogP contribution in [0.1, 0.15) is 6.85 Å². The smallest absolute Gasteiger partial charge is 0.424 e. The molecule has 0 spiro atoms. The predicted molar refractivity (Wildman–Crippen MR) is 48.4 cm³/mol. The molecule has 0 bridgehead atoms. The monoisotopic (exact) mass is 206 g/mol. The zero-order valence-corrected chi connectivity index (χ0v) is 7.52. The number of ether oxygens (including phenoxy) is 2. The predicted octanol–water partition coefficient (Wildman–Crippen LogP) is -0.987. The summed E-state index contributed by atoms with van der Waals surface area (Å²) < 4.78 is 49.0. The highest BCUT2D eigenvalue weighted by atomic mass is 16.6. The fraction of sp³-hybridized carbons (Fsp3) is 0.875. The SMILES string of the molecule is [2H]C([2H])(N1CCOCC1)C1([2H])OC(=O)N(N)C1([2H])[2H]. The quantitative estimate of drug-likeness (QED) is 0.464. The van der Waals surface area contributed by atoms with Crippen molar-refractivity contribution in [1.82, 2.24) is 9.91 Å². The standard InChI is InChI=1S/C8H15N3O3/c9-11-6-7(14-8(11)12)5-10-1-3-13-4-2-10/h7H,1-6,9H2/i5D2,6D2,7D. The Bertz CT molecular complexity index is 390. The van der Waals surface area contributed by atoms with E-state index in [4.69, 9.17) is 17.4 Å². The normalized spacial score (nSPS) is 44.5. The molecular formula is C8H15N3O3. The van der Waals surface area contributed by atoms with Gasteiger partial charge in [0.2, 0.25) is 0 Å². The Hall–Kier alpha value is -0.850. The Kier molecular flexibility index (Phi) is 1.56. The van der Waals surface area contributed by atoms with Gasteiger partial charge < -0.3 is 9.47 Å². The van der Waals surface area contributed by atoms with Crippen LogP contribution in [-0.4, -0.2) is 61.4 Å². The summed E-state index contributed by atoms with van der Waals surface area (Å²) in [6.07, 6.45) is -4.04. The highest BCUT2D eigenvalue weighted by Crippen LogP contribution is 2.09. The van der Waals surface area contributed by atoms with E-state index in [1.54, 1.807) is 0 Å². The Morgan fingerprint density at radius 2 is 2.43 bits per heavy atom. The van der Waals surface area contributed by atoms with Gasteiger partial charge in [0.15, 0.2) is 0 Å². The van der Waals surface area contributed by atoms with Gasteiger partial charge in [0.1, 0.15) is 6.08 Å². The van der Waals surface area contributed by atoms with E-state index in [2.05, 4.69) is 4.74 Å². The van der Waals surface area contributed by atoms with Gasteiger partial charge >= 0.3 is 6.09 Å². The molecule has 6 nitrogen and oxygen atoms in total. The summed E-state index contributed by atoms with van der Waals surface area (Å²) in [5, 5.41) is 0.109. The van der Waals surface area contributed by atoms with Crippen molar-refractivity contribution < 1.29 is 21.1 Å². The summed E-state index contributed by atoms with van der Waals surface area (Å²) in [4.78, 5) is 12.6. The van der Waals surface area contributed by atoms with Crippen LogP contribution in [0.5, 0.6) is 0 Å². The van der Waals surface area contributed by atoms with Gasteiger partial charge in [-0.25, -0.2) is 15.6 Å². The molecule has 1 amide bonds. The third-order valence-electron chi connectivity index (χ3n) is 1.88. The second-order valence-electron chi connectivity index (χ2n) is 2.89. The summed E-state index contributed by atoms with van der Waals surface area (Å²) in [6, 6.07) is 0. The molecular weight excluding hydrogens is 186 g/mol. The van der Waals surface area contributed by atoms with Crippen LogP contribution in [0.2, 0.25) is 0 Å². The van der Waals surface area contributed by atoms with Gasteiger partial charge in [0, 0.05) is 22.3 Å². The van der Waals surface area contributed by atoms with E-state index < -0.39 is 25.2 Å².